The highest BCUT2D eigenvalue weighted by molar-refractivity contribution is 7.09. The third kappa shape index (κ3) is 6.67. The summed E-state index contributed by atoms with van der Waals surface area (Å²) in [5.41, 5.74) is 1.71. The maximum absolute atomic E-state index is 12.4. The fourth-order valence-electron chi connectivity index (χ4n) is 3.53. The van der Waals surface area contributed by atoms with E-state index < -0.39 is 0 Å². The second-order valence-electron chi connectivity index (χ2n) is 9.02. The summed E-state index contributed by atoms with van der Waals surface area (Å²) in [6, 6.07) is 7.35. The molecular weight excluding hydrogens is 412 g/mol. The fraction of sp³-hybridized carbons (Fsp3) is 0.500. The van der Waals surface area contributed by atoms with Crippen LogP contribution in [0.25, 0.3) is 0 Å². The number of hydrogen-bond donors (Lipinski definition) is 2. The maximum Gasteiger partial charge on any atom is 0.223 e. The minimum Gasteiger partial charge on any atom is -0.487 e. The van der Waals surface area contributed by atoms with Crippen LogP contribution in [0.3, 0.4) is 0 Å². The number of thiazole rings is 1. The van der Waals surface area contributed by atoms with Crippen LogP contribution in [-0.4, -0.2) is 35.2 Å². The first-order valence-electron chi connectivity index (χ1n) is 10.5. The van der Waals surface area contributed by atoms with E-state index in [0.717, 1.165) is 48.1 Å². The van der Waals surface area contributed by atoms with Crippen molar-refractivity contribution in [1.82, 2.24) is 9.88 Å². The number of hydrogen-bond acceptors (Lipinski definition) is 7. The summed E-state index contributed by atoms with van der Waals surface area (Å²) < 4.78 is 5.86. The van der Waals surface area contributed by atoms with Crippen molar-refractivity contribution in [2.24, 2.45) is 22.2 Å². The SMILES string of the molecule is CC(C)(C)CC(=O)N1CCC(c2nc(COc3ccc(N(N)/C=N\N)cc3)cs2)CC1. The van der Waals surface area contributed by atoms with Crippen molar-refractivity contribution >= 4 is 29.3 Å². The zero-order valence-electron chi connectivity index (χ0n) is 18.5. The van der Waals surface area contributed by atoms with Gasteiger partial charge in [-0.2, -0.15) is 5.10 Å². The van der Waals surface area contributed by atoms with Gasteiger partial charge in [-0.25, -0.2) is 10.8 Å². The van der Waals surface area contributed by atoms with Gasteiger partial charge in [0.2, 0.25) is 5.91 Å². The van der Waals surface area contributed by atoms with Gasteiger partial charge in [-0.05, 0) is 42.5 Å². The van der Waals surface area contributed by atoms with Crippen LogP contribution in [-0.2, 0) is 11.4 Å². The number of carbonyl (C=O) groups is 1. The van der Waals surface area contributed by atoms with E-state index in [-0.39, 0.29) is 11.3 Å². The number of ether oxygens (including phenoxy) is 1. The average Bonchev–Trinajstić information content (AvgIpc) is 3.21. The molecule has 2 heterocycles. The lowest BCUT2D eigenvalue weighted by Crippen LogP contribution is -2.39. The number of nitrogens with zero attached hydrogens (tertiary/aromatic N) is 4. The van der Waals surface area contributed by atoms with Crippen LogP contribution in [0.5, 0.6) is 5.75 Å². The van der Waals surface area contributed by atoms with Gasteiger partial charge in [-0.1, -0.05) is 20.8 Å². The van der Waals surface area contributed by atoms with Gasteiger partial charge >= 0.3 is 0 Å². The van der Waals surface area contributed by atoms with Crippen molar-refractivity contribution in [3.8, 4) is 5.75 Å². The third-order valence-electron chi connectivity index (χ3n) is 5.16. The molecular formula is C22H32N6O2S. The number of aromatic nitrogens is 1. The monoisotopic (exact) mass is 444 g/mol. The number of benzene rings is 1. The Morgan fingerprint density at radius 2 is 2.00 bits per heavy atom. The largest absolute Gasteiger partial charge is 0.487 e. The van der Waals surface area contributed by atoms with Crippen LogP contribution in [0.1, 0.15) is 56.7 Å². The second-order valence-corrected chi connectivity index (χ2v) is 9.91. The Morgan fingerprint density at radius 1 is 1.32 bits per heavy atom. The van der Waals surface area contributed by atoms with Crippen LogP contribution in [0.4, 0.5) is 5.69 Å². The Morgan fingerprint density at radius 3 is 2.61 bits per heavy atom. The summed E-state index contributed by atoms with van der Waals surface area (Å²) in [7, 11) is 0. The Bertz CT molecular complexity index is 882. The number of carbonyl (C=O) groups excluding carboxylic acids is 1. The van der Waals surface area contributed by atoms with Crippen LogP contribution in [0.2, 0.25) is 0 Å². The third-order valence-corrected chi connectivity index (χ3v) is 6.22. The van der Waals surface area contributed by atoms with E-state index in [2.05, 4.69) is 31.3 Å². The van der Waals surface area contributed by atoms with Gasteiger partial charge in [-0.15, -0.1) is 11.3 Å². The maximum atomic E-state index is 12.4. The van der Waals surface area contributed by atoms with Gasteiger partial charge < -0.3 is 15.5 Å². The molecule has 1 aliphatic heterocycles. The summed E-state index contributed by atoms with van der Waals surface area (Å²) in [6.45, 7) is 8.35. The standard InChI is InChI=1S/C22H32N6O2S/c1-22(2,3)12-20(29)27-10-8-16(9-11-27)21-26-17(14-31-21)13-30-19-6-4-18(5-7-19)28(24)15-25-23/h4-7,14-16H,8-13,23-24H2,1-3H3/b25-15-. The smallest absolute Gasteiger partial charge is 0.223 e. The molecule has 3 rings (SSSR count). The highest BCUT2D eigenvalue weighted by Gasteiger charge is 2.27. The highest BCUT2D eigenvalue weighted by Crippen LogP contribution is 2.31. The van der Waals surface area contributed by atoms with Crippen LogP contribution < -0.4 is 21.4 Å². The molecule has 0 saturated carbocycles. The molecule has 9 heteroatoms. The summed E-state index contributed by atoms with van der Waals surface area (Å²) in [5, 5.41) is 7.92. The van der Waals surface area contributed by atoms with E-state index in [1.165, 1.54) is 11.3 Å². The first kappa shape index (κ1) is 23.0. The van der Waals surface area contributed by atoms with Crippen LogP contribution in [0.15, 0.2) is 34.7 Å². The molecule has 1 aromatic carbocycles. The number of hydrazine groups is 1. The number of hydrazone groups is 1. The van der Waals surface area contributed by atoms with Gasteiger partial charge in [0, 0.05) is 30.8 Å². The predicted molar refractivity (Wildman–Crippen MR) is 125 cm³/mol. The van der Waals surface area contributed by atoms with Crippen molar-refractivity contribution in [3.63, 3.8) is 0 Å². The first-order valence-corrected chi connectivity index (χ1v) is 11.4. The lowest BCUT2D eigenvalue weighted by molar-refractivity contribution is -0.134. The molecule has 8 nitrogen and oxygen atoms in total. The first-order chi connectivity index (χ1) is 14.7. The highest BCUT2D eigenvalue weighted by atomic mass is 32.1. The molecule has 0 unspecified atom stereocenters. The van der Waals surface area contributed by atoms with Gasteiger partial charge in [0.1, 0.15) is 18.7 Å². The second kappa shape index (κ2) is 10.1. The minimum absolute atomic E-state index is 0.0287. The Labute approximate surface area is 187 Å². The summed E-state index contributed by atoms with van der Waals surface area (Å²) in [5.74, 6) is 12.3. The quantitative estimate of drug-likeness (QED) is 0.293. The van der Waals surface area contributed by atoms with Crippen molar-refractivity contribution in [1.29, 1.82) is 0 Å². The molecule has 1 saturated heterocycles. The molecule has 0 radical (unpaired) electrons. The zero-order chi connectivity index (χ0) is 22.4. The van der Waals surface area contributed by atoms with E-state index in [4.69, 9.17) is 21.4 Å². The molecule has 168 valence electrons. The zero-order valence-corrected chi connectivity index (χ0v) is 19.3. The van der Waals surface area contributed by atoms with E-state index in [1.807, 2.05) is 29.2 Å². The molecule has 0 bridgehead atoms. The summed E-state index contributed by atoms with van der Waals surface area (Å²) >= 11 is 1.68. The number of amides is 1. The van der Waals surface area contributed by atoms with Gasteiger partial charge in [0.15, 0.2) is 0 Å². The number of likely N-dealkylation sites (tertiary alicyclic amines) is 1. The van der Waals surface area contributed by atoms with Gasteiger partial charge in [0.25, 0.3) is 0 Å². The van der Waals surface area contributed by atoms with Crippen molar-refractivity contribution in [2.75, 3.05) is 18.1 Å². The molecule has 1 fully saturated rings. The lowest BCUT2D eigenvalue weighted by atomic mass is 9.90. The molecule has 4 N–H and O–H groups in total. The van der Waals surface area contributed by atoms with E-state index in [9.17, 15) is 4.79 Å². The van der Waals surface area contributed by atoms with E-state index in [0.29, 0.717) is 18.9 Å². The normalized spacial score (nSPS) is 15.4. The molecule has 31 heavy (non-hydrogen) atoms. The number of anilines is 1. The molecule has 1 amide bonds. The Hall–Kier alpha value is -2.65. The van der Waals surface area contributed by atoms with Crippen molar-refractivity contribution in [3.05, 3.63) is 40.3 Å². The number of rotatable bonds is 7. The summed E-state index contributed by atoms with van der Waals surface area (Å²) in [6.07, 6.45) is 3.86. The lowest BCUT2D eigenvalue weighted by Gasteiger charge is -2.33. The van der Waals surface area contributed by atoms with Gasteiger partial charge in [-0.3, -0.25) is 9.80 Å². The Balaban J connectivity index is 1.48. The topological polar surface area (TPSA) is 110 Å². The van der Waals surface area contributed by atoms with Crippen molar-refractivity contribution < 1.29 is 9.53 Å². The van der Waals surface area contributed by atoms with Gasteiger partial charge in [0.05, 0.1) is 16.4 Å². The average molecular weight is 445 g/mol. The minimum atomic E-state index is 0.0287. The molecule has 1 aliphatic rings. The molecule has 0 atom stereocenters. The Kier molecular flexibility index (Phi) is 7.50. The molecule has 1 aromatic heterocycles. The molecule has 0 aliphatic carbocycles. The molecule has 2 aromatic rings. The van der Waals surface area contributed by atoms with Crippen LogP contribution >= 0.6 is 11.3 Å². The van der Waals surface area contributed by atoms with Crippen LogP contribution in [0, 0.1) is 5.41 Å². The molecule has 0 spiro atoms. The summed E-state index contributed by atoms with van der Waals surface area (Å²) in [4.78, 5) is 19.2. The van der Waals surface area contributed by atoms with E-state index >= 15 is 0 Å². The number of piperidine rings is 1. The fourth-order valence-corrected chi connectivity index (χ4v) is 4.50. The van der Waals surface area contributed by atoms with Crippen molar-refractivity contribution in [2.45, 2.75) is 52.6 Å². The predicted octanol–water partition coefficient (Wildman–Crippen LogP) is 3.45. The van der Waals surface area contributed by atoms with E-state index in [1.54, 1.807) is 11.3 Å². The number of nitrogens with two attached hydrogens (primary N) is 2.